The number of benzene rings is 2. The molecule has 1 atom stereocenters. The van der Waals surface area contributed by atoms with Crippen LogP contribution in [0.5, 0.6) is 0 Å². The number of rotatable bonds is 6. The van der Waals surface area contributed by atoms with Crippen molar-refractivity contribution in [1.82, 2.24) is 10.3 Å². The second kappa shape index (κ2) is 9.95. The van der Waals surface area contributed by atoms with Gasteiger partial charge >= 0.3 is 0 Å². The van der Waals surface area contributed by atoms with E-state index < -0.39 is 11.6 Å². The lowest BCUT2D eigenvalue weighted by atomic mass is 9.97. The summed E-state index contributed by atoms with van der Waals surface area (Å²) in [7, 11) is 0. The molecule has 0 aliphatic carbocycles. The average molecular weight is 432 g/mol. The van der Waals surface area contributed by atoms with Crippen LogP contribution in [0.3, 0.4) is 0 Å². The number of hydrogen-bond donors (Lipinski definition) is 2. The fourth-order valence-corrected chi connectivity index (χ4v) is 3.86. The monoisotopic (exact) mass is 431 g/mol. The van der Waals surface area contributed by atoms with Crippen LogP contribution in [0.4, 0.5) is 14.5 Å². The van der Waals surface area contributed by atoms with E-state index in [2.05, 4.69) is 53.6 Å². The van der Waals surface area contributed by atoms with Gasteiger partial charge in [-0.3, -0.25) is 10.3 Å². The van der Waals surface area contributed by atoms with Crippen molar-refractivity contribution in [3.05, 3.63) is 65.2 Å². The number of hydrazone groups is 1. The van der Waals surface area contributed by atoms with Gasteiger partial charge in [0.25, 0.3) is 0 Å². The Morgan fingerprint density at radius 1 is 1.23 bits per heavy atom. The van der Waals surface area contributed by atoms with Gasteiger partial charge in [-0.25, -0.2) is 8.78 Å². The molecule has 0 amide bonds. The number of nitrogens with one attached hydrogen (secondary N) is 1. The molecule has 5 nitrogen and oxygen atoms in total. The maximum Gasteiger partial charge on any atom is 0.184 e. The Kier molecular flexibility index (Phi) is 7.33. The van der Waals surface area contributed by atoms with Crippen LogP contribution in [0.1, 0.15) is 25.0 Å². The Bertz CT molecular complexity index is 881. The summed E-state index contributed by atoms with van der Waals surface area (Å²) in [6.07, 6.45) is 1.28. The number of hydrogen-bond acceptors (Lipinski definition) is 4. The lowest BCUT2D eigenvalue weighted by Gasteiger charge is -2.45. The van der Waals surface area contributed by atoms with Gasteiger partial charge in [0, 0.05) is 37.8 Å². The quantitative estimate of drug-likeness (QED) is 0.417. The van der Waals surface area contributed by atoms with Gasteiger partial charge in [-0.2, -0.15) is 5.10 Å². The third-order valence-corrected chi connectivity index (χ3v) is 5.33. The van der Waals surface area contributed by atoms with Crippen LogP contribution in [0, 0.1) is 17.6 Å². The van der Waals surface area contributed by atoms with E-state index in [1.165, 1.54) is 23.9 Å². The summed E-state index contributed by atoms with van der Waals surface area (Å²) in [5, 5.41) is 3.75. The standard InChI is InChI=1S/C22H27F2N5S/c1-15(2)20-14-28(13-16-6-4-3-5-7-16)8-9-29(20)21-18(23)10-17(11-19(21)24)12-26-27-22(25)30/h3-7,10-12,15,20H,8-9,13-14H2,1-2H3,(H3,25,27,30)/b26-12+. The molecule has 2 aromatic rings. The van der Waals surface area contributed by atoms with Crippen LogP contribution in [0.15, 0.2) is 47.6 Å². The third kappa shape index (κ3) is 5.52. The summed E-state index contributed by atoms with van der Waals surface area (Å²) in [6.45, 7) is 7.03. The highest BCUT2D eigenvalue weighted by molar-refractivity contribution is 7.80. The van der Waals surface area contributed by atoms with Crippen molar-refractivity contribution in [3.63, 3.8) is 0 Å². The molecular formula is C22H27F2N5S. The van der Waals surface area contributed by atoms with Crippen molar-refractivity contribution in [2.24, 2.45) is 16.8 Å². The first kappa shape index (κ1) is 22.1. The first-order valence-electron chi connectivity index (χ1n) is 9.95. The fraction of sp³-hybridized carbons (Fsp3) is 0.364. The van der Waals surface area contributed by atoms with Gasteiger partial charge in [-0.05, 0) is 35.8 Å². The van der Waals surface area contributed by atoms with E-state index in [1.54, 1.807) is 0 Å². The summed E-state index contributed by atoms with van der Waals surface area (Å²) in [6, 6.07) is 12.8. The minimum absolute atomic E-state index is 0.00209. The molecule has 30 heavy (non-hydrogen) atoms. The Labute approximate surface area is 181 Å². The van der Waals surface area contributed by atoms with E-state index in [4.69, 9.17) is 5.73 Å². The zero-order valence-corrected chi connectivity index (χ0v) is 18.0. The number of piperazine rings is 1. The predicted octanol–water partition coefficient (Wildman–Crippen LogP) is 3.48. The van der Waals surface area contributed by atoms with Gasteiger partial charge in [-0.1, -0.05) is 44.2 Å². The van der Waals surface area contributed by atoms with Gasteiger partial charge in [-0.15, -0.1) is 0 Å². The normalized spacial score (nSPS) is 17.6. The molecule has 0 saturated carbocycles. The lowest BCUT2D eigenvalue weighted by molar-refractivity contribution is 0.191. The summed E-state index contributed by atoms with van der Waals surface area (Å²) < 4.78 is 29.9. The first-order valence-corrected chi connectivity index (χ1v) is 10.4. The molecule has 3 rings (SSSR count). The second-order valence-corrected chi connectivity index (χ2v) is 8.23. The largest absolute Gasteiger partial charge is 0.375 e. The molecule has 1 heterocycles. The summed E-state index contributed by atoms with van der Waals surface area (Å²) in [5.41, 5.74) is 9.21. The maximum absolute atomic E-state index is 14.9. The van der Waals surface area contributed by atoms with Crippen LogP contribution in [0.2, 0.25) is 0 Å². The third-order valence-electron chi connectivity index (χ3n) is 5.24. The molecule has 1 aliphatic rings. The van der Waals surface area contributed by atoms with Crippen molar-refractivity contribution in [2.75, 3.05) is 24.5 Å². The second-order valence-electron chi connectivity index (χ2n) is 7.79. The van der Waals surface area contributed by atoms with Crippen molar-refractivity contribution in [1.29, 1.82) is 0 Å². The van der Waals surface area contributed by atoms with E-state index >= 15 is 0 Å². The number of halogens is 2. The van der Waals surface area contributed by atoms with Crippen molar-refractivity contribution < 1.29 is 8.78 Å². The molecule has 2 aromatic carbocycles. The van der Waals surface area contributed by atoms with Crippen molar-refractivity contribution >= 4 is 29.2 Å². The molecule has 0 radical (unpaired) electrons. The molecule has 0 aromatic heterocycles. The van der Waals surface area contributed by atoms with E-state index in [0.29, 0.717) is 12.1 Å². The predicted molar refractivity (Wildman–Crippen MR) is 122 cm³/mol. The smallest absolute Gasteiger partial charge is 0.184 e. The molecule has 0 spiro atoms. The Morgan fingerprint density at radius 3 is 2.50 bits per heavy atom. The molecule has 1 fully saturated rings. The molecule has 1 saturated heterocycles. The molecule has 160 valence electrons. The molecule has 1 unspecified atom stereocenters. The van der Waals surface area contributed by atoms with E-state index in [1.807, 2.05) is 23.1 Å². The van der Waals surface area contributed by atoms with Crippen LogP contribution < -0.4 is 16.1 Å². The first-order chi connectivity index (χ1) is 14.3. The summed E-state index contributed by atoms with van der Waals surface area (Å²) >= 11 is 4.65. The van der Waals surface area contributed by atoms with Gasteiger partial charge in [0.2, 0.25) is 0 Å². The van der Waals surface area contributed by atoms with Gasteiger partial charge < -0.3 is 10.6 Å². The van der Waals surface area contributed by atoms with Crippen LogP contribution in [0.25, 0.3) is 0 Å². The molecular weight excluding hydrogens is 404 g/mol. The maximum atomic E-state index is 14.9. The molecule has 0 bridgehead atoms. The minimum Gasteiger partial charge on any atom is -0.375 e. The van der Waals surface area contributed by atoms with Crippen LogP contribution >= 0.6 is 12.2 Å². The van der Waals surface area contributed by atoms with Crippen molar-refractivity contribution in [2.45, 2.75) is 26.4 Å². The number of nitrogens with two attached hydrogens (primary N) is 1. The highest BCUT2D eigenvalue weighted by Gasteiger charge is 2.32. The Hall–Kier alpha value is -2.58. The Balaban J connectivity index is 1.79. The molecule has 1 aliphatic heterocycles. The highest BCUT2D eigenvalue weighted by Crippen LogP contribution is 2.31. The average Bonchev–Trinajstić information content (AvgIpc) is 2.69. The van der Waals surface area contributed by atoms with Crippen LogP contribution in [-0.4, -0.2) is 41.9 Å². The number of anilines is 1. The minimum atomic E-state index is -0.603. The van der Waals surface area contributed by atoms with Gasteiger partial charge in [0.05, 0.1) is 6.21 Å². The summed E-state index contributed by atoms with van der Waals surface area (Å²) in [5.74, 6) is -0.971. The van der Waals surface area contributed by atoms with E-state index in [9.17, 15) is 8.78 Å². The van der Waals surface area contributed by atoms with Gasteiger partial charge in [0.1, 0.15) is 17.3 Å². The number of nitrogens with zero attached hydrogens (tertiary/aromatic N) is 3. The van der Waals surface area contributed by atoms with Crippen LogP contribution in [-0.2, 0) is 6.54 Å². The van der Waals surface area contributed by atoms with E-state index in [0.717, 1.165) is 19.6 Å². The Morgan fingerprint density at radius 2 is 1.90 bits per heavy atom. The molecule has 8 heteroatoms. The van der Waals surface area contributed by atoms with Gasteiger partial charge in [0.15, 0.2) is 5.11 Å². The SMILES string of the molecule is CC(C)C1CN(Cc2ccccc2)CCN1c1c(F)cc(/C=N/NC(N)=S)cc1F. The topological polar surface area (TPSA) is 56.9 Å². The summed E-state index contributed by atoms with van der Waals surface area (Å²) in [4.78, 5) is 4.21. The highest BCUT2D eigenvalue weighted by atomic mass is 32.1. The zero-order chi connectivity index (χ0) is 21.7. The fourth-order valence-electron chi connectivity index (χ4n) is 3.81. The zero-order valence-electron chi connectivity index (χ0n) is 17.2. The van der Waals surface area contributed by atoms with Crippen molar-refractivity contribution in [3.8, 4) is 0 Å². The number of thiocarbonyl (C=S) groups is 1. The van der Waals surface area contributed by atoms with E-state index in [-0.39, 0.29) is 22.8 Å². The molecule has 3 N–H and O–H groups in total. The lowest BCUT2D eigenvalue weighted by Crippen LogP contribution is -2.55.